The van der Waals surface area contributed by atoms with Gasteiger partial charge in [0.05, 0.1) is 6.61 Å². The lowest BCUT2D eigenvalue weighted by Gasteiger charge is -2.18. The third-order valence-electron chi connectivity index (χ3n) is 4.52. The monoisotopic (exact) mass is 328 g/mol. The molecule has 2 heterocycles. The molecule has 1 saturated heterocycles. The number of nitrogens with one attached hydrogen (secondary N) is 1. The molecule has 1 N–H and O–H groups in total. The third-order valence-corrected chi connectivity index (χ3v) is 4.52. The summed E-state index contributed by atoms with van der Waals surface area (Å²) in [7, 11) is 0. The van der Waals surface area contributed by atoms with Gasteiger partial charge in [-0.3, -0.25) is 9.59 Å². The minimum Gasteiger partial charge on any atom is -0.488 e. The Labute approximate surface area is 142 Å². The molecule has 0 spiro atoms. The zero-order chi connectivity index (χ0) is 16.8. The van der Waals surface area contributed by atoms with E-state index < -0.39 is 0 Å². The Hall–Kier alpha value is -2.30. The van der Waals surface area contributed by atoms with Crippen molar-refractivity contribution in [3.05, 3.63) is 47.7 Å². The second-order valence-corrected chi connectivity index (χ2v) is 6.41. The van der Waals surface area contributed by atoms with Gasteiger partial charge in [0.25, 0.3) is 5.91 Å². The van der Waals surface area contributed by atoms with E-state index in [9.17, 15) is 9.59 Å². The van der Waals surface area contributed by atoms with Gasteiger partial charge in [-0.05, 0) is 30.9 Å². The molecule has 2 aliphatic heterocycles. The summed E-state index contributed by atoms with van der Waals surface area (Å²) in [6.45, 7) is 2.58. The van der Waals surface area contributed by atoms with Crippen LogP contribution in [0.25, 0.3) is 0 Å². The van der Waals surface area contributed by atoms with E-state index in [0.717, 1.165) is 25.8 Å². The number of likely N-dealkylation sites (tertiary alicyclic amines) is 1. The maximum absolute atomic E-state index is 12.1. The van der Waals surface area contributed by atoms with E-state index >= 15 is 0 Å². The minimum atomic E-state index is -0.162. The Morgan fingerprint density at radius 2 is 2.12 bits per heavy atom. The normalized spacial score (nSPS) is 20.5. The molecule has 128 valence electrons. The van der Waals surface area contributed by atoms with Crippen LogP contribution in [0.3, 0.4) is 0 Å². The number of hydrogen-bond acceptors (Lipinski definition) is 3. The molecule has 0 bridgehead atoms. The number of ether oxygens (including phenoxy) is 1. The fraction of sp³-hybridized carbons (Fsp3) is 0.474. The van der Waals surface area contributed by atoms with Gasteiger partial charge in [-0.2, -0.15) is 0 Å². The average Bonchev–Trinajstić information content (AvgIpc) is 2.99. The number of rotatable bonds is 6. The van der Waals surface area contributed by atoms with Crippen molar-refractivity contribution in [3.8, 4) is 0 Å². The van der Waals surface area contributed by atoms with Crippen molar-refractivity contribution >= 4 is 11.8 Å². The molecular formula is C19H24N2O3. The molecule has 3 rings (SSSR count). The smallest absolute Gasteiger partial charge is 0.286 e. The first-order valence-corrected chi connectivity index (χ1v) is 8.65. The lowest BCUT2D eigenvalue weighted by atomic mass is 10.1. The zero-order valence-electron chi connectivity index (χ0n) is 13.9. The number of hydrogen-bond donors (Lipinski definition) is 1. The van der Waals surface area contributed by atoms with Crippen LogP contribution in [-0.4, -0.2) is 43.0 Å². The van der Waals surface area contributed by atoms with Gasteiger partial charge in [-0.1, -0.05) is 30.3 Å². The molecule has 24 heavy (non-hydrogen) atoms. The predicted molar refractivity (Wildman–Crippen MR) is 91.1 cm³/mol. The predicted octanol–water partition coefficient (Wildman–Crippen LogP) is 1.89. The number of amides is 2. The number of carbonyl (C=O) groups excluding carboxylic acids is 2. The Bertz CT molecular complexity index is 612. The van der Waals surface area contributed by atoms with E-state index in [1.807, 2.05) is 29.2 Å². The number of allylic oxidation sites excluding steroid dienone is 1. The Balaban J connectivity index is 1.43. The number of benzene rings is 1. The highest BCUT2D eigenvalue weighted by Gasteiger charge is 2.29. The van der Waals surface area contributed by atoms with Crippen LogP contribution in [0.2, 0.25) is 0 Å². The summed E-state index contributed by atoms with van der Waals surface area (Å²) in [5, 5.41) is 2.90. The molecule has 0 aliphatic carbocycles. The first-order chi connectivity index (χ1) is 11.7. The zero-order valence-corrected chi connectivity index (χ0v) is 13.9. The highest BCUT2D eigenvalue weighted by atomic mass is 16.5. The van der Waals surface area contributed by atoms with Crippen molar-refractivity contribution in [2.75, 3.05) is 26.2 Å². The Kier molecular flexibility index (Phi) is 5.51. The van der Waals surface area contributed by atoms with Gasteiger partial charge in [-0.15, -0.1) is 0 Å². The molecular weight excluding hydrogens is 304 g/mol. The molecule has 0 radical (unpaired) electrons. The number of carbonyl (C=O) groups is 2. The SMILES string of the molecule is O=C(NC[C@@H]1CC(=O)N(CCc2ccccc2)C1)C1=CCCCO1. The molecule has 1 aromatic rings. The van der Waals surface area contributed by atoms with E-state index in [2.05, 4.69) is 17.4 Å². The molecule has 1 atom stereocenters. The molecule has 0 aromatic heterocycles. The van der Waals surface area contributed by atoms with Crippen molar-refractivity contribution in [2.24, 2.45) is 5.92 Å². The second-order valence-electron chi connectivity index (χ2n) is 6.41. The highest BCUT2D eigenvalue weighted by Crippen LogP contribution is 2.18. The van der Waals surface area contributed by atoms with Gasteiger partial charge in [0.2, 0.25) is 5.91 Å². The molecule has 1 aromatic carbocycles. The molecule has 2 amide bonds. The molecule has 5 heteroatoms. The standard InChI is InChI=1S/C19H24N2O3/c22-18-12-16(13-20-19(23)17-8-4-5-11-24-17)14-21(18)10-9-15-6-2-1-3-7-15/h1-3,6-8,16H,4-5,9-14H2,(H,20,23)/t16-/m0/s1. The van der Waals surface area contributed by atoms with E-state index in [1.54, 1.807) is 0 Å². The van der Waals surface area contributed by atoms with Crippen LogP contribution >= 0.6 is 0 Å². The van der Waals surface area contributed by atoms with Gasteiger partial charge in [0.15, 0.2) is 5.76 Å². The topological polar surface area (TPSA) is 58.6 Å². The van der Waals surface area contributed by atoms with E-state index in [0.29, 0.717) is 31.9 Å². The van der Waals surface area contributed by atoms with Gasteiger partial charge in [0.1, 0.15) is 0 Å². The van der Waals surface area contributed by atoms with Gasteiger partial charge in [0, 0.05) is 32.0 Å². The Morgan fingerprint density at radius 1 is 1.29 bits per heavy atom. The fourth-order valence-corrected chi connectivity index (χ4v) is 3.16. The third kappa shape index (κ3) is 4.37. The summed E-state index contributed by atoms with van der Waals surface area (Å²) < 4.78 is 5.36. The molecule has 0 unspecified atom stereocenters. The van der Waals surface area contributed by atoms with E-state index in [4.69, 9.17) is 4.74 Å². The van der Waals surface area contributed by atoms with Crippen molar-refractivity contribution in [1.29, 1.82) is 0 Å². The molecule has 5 nitrogen and oxygen atoms in total. The van der Waals surface area contributed by atoms with Crippen LogP contribution in [0, 0.1) is 5.92 Å². The van der Waals surface area contributed by atoms with Crippen molar-refractivity contribution in [2.45, 2.75) is 25.7 Å². The van der Waals surface area contributed by atoms with Crippen LogP contribution in [0.4, 0.5) is 0 Å². The summed E-state index contributed by atoms with van der Waals surface area (Å²) in [6.07, 6.45) is 5.06. The maximum atomic E-state index is 12.1. The lowest BCUT2D eigenvalue weighted by Crippen LogP contribution is -2.33. The van der Waals surface area contributed by atoms with Crippen LogP contribution < -0.4 is 5.32 Å². The average molecular weight is 328 g/mol. The van der Waals surface area contributed by atoms with Crippen molar-refractivity contribution in [3.63, 3.8) is 0 Å². The van der Waals surface area contributed by atoms with Crippen LogP contribution in [-0.2, 0) is 20.7 Å². The summed E-state index contributed by atoms with van der Waals surface area (Å²) in [4.78, 5) is 26.1. The van der Waals surface area contributed by atoms with Crippen LogP contribution in [0.15, 0.2) is 42.2 Å². The van der Waals surface area contributed by atoms with Gasteiger partial charge in [-0.25, -0.2) is 0 Å². The second kappa shape index (κ2) is 7.99. The first-order valence-electron chi connectivity index (χ1n) is 8.65. The number of nitrogens with zero attached hydrogens (tertiary/aromatic N) is 1. The van der Waals surface area contributed by atoms with Crippen LogP contribution in [0.5, 0.6) is 0 Å². The van der Waals surface area contributed by atoms with Crippen molar-refractivity contribution < 1.29 is 14.3 Å². The molecule has 2 aliphatic rings. The van der Waals surface area contributed by atoms with Crippen molar-refractivity contribution in [1.82, 2.24) is 10.2 Å². The van der Waals surface area contributed by atoms with Crippen LogP contribution in [0.1, 0.15) is 24.8 Å². The maximum Gasteiger partial charge on any atom is 0.286 e. The largest absolute Gasteiger partial charge is 0.488 e. The molecule has 0 saturated carbocycles. The highest BCUT2D eigenvalue weighted by molar-refractivity contribution is 5.91. The minimum absolute atomic E-state index is 0.162. The summed E-state index contributed by atoms with van der Waals surface area (Å²) in [5.74, 6) is 0.621. The Morgan fingerprint density at radius 3 is 2.88 bits per heavy atom. The van der Waals surface area contributed by atoms with E-state index in [1.165, 1.54) is 5.56 Å². The molecule has 1 fully saturated rings. The first kappa shape index (κ1) is 16.6. The summed E-state index contributed by atoms with van der Waals surface area (Å²) in [5.41, 5.74) is 1.24. The summed E-state index contributed by atoms with van der Waals surface area (Å²) in [6, 6.07) is 10.2. The van der Waals surface area contributed by atoms with E-state index in [-0.39, 0.29) is 17.7 Å². The van der Waals surface area contributed by atoms with Gasteiger partial charge < -0.3 is 15.0 Å². The quantitative estimate of drug-likeness (QED) is 0.867. The van der Waals surface area contributed by atoms with Gasteiger partial charge >= 0.3 is 0 Å². The fourth-order valence-electron chi connectivity index (χ4n) is 3.16. The summed E-state index contributed by atoms with van der Waals surface area (Å²) >= 11 is 0. The lowest BCUT2D eigenvalue weighted by molar-refractivity contribution is -0.127.